The van der Waals surface area contributed by atoms with E-state index in [0.717, 1.165) is 6.08 Å². The molecule has 3 nitrogen and oxygen atoms in total. The van der Waals surface area contributed by atoms with Crippen LogP contribution < -0.4 is 0 Å². The van der Waals surface area contributed by atoms with Gasteiger partial charge in [0.05, 0.1) is 6.07 Å². The Morgan fingerprint density at radius 3 is 2.78 bits per heavy atom. The molecule has 1 aromatic rings. The molecule has 0 aliphatic rings. The minimum absolute atomic E-state index is 0.129. The van der Waals surface area contributed by atoms with Gasteiger partial charge in [0.1, 0.15) is 0 Å². The predicted octanol–water partition coefficient (Wildman–Crippen LogP) is 3.18. The molecule has 0 heterocycles. The van der Waals surface area contributed by atoms with Gasteiger partial charge in [0.2, 0.25) is 0 Å². The third kappa shape index (κ3) is 3.98. The van der Waals surface area contributed by atoms with Crippen molar-refractivity contribution in [2.24, 2.45) is 0 Å². The molecule has 18 heavy (non-hydrogen) atoms. The van der Waals surface area contributed by atoms with Crippen LogP contribution in [0.3, 0.4) is 0 Å². The van der Waals surface area contributed by atoms with Crippen molar-refractivity contribution in [1.29, 1.82) is 5.26 Å². The first kappa shape index (κ1) is 13.8. The third-order valence-electron chi connectivity index (χ3n) is 2.33. The van der Waals surface area contributed by atoms with E-state index in [0.29, 0.717) is 17.5 Å². The van der Waals surface area contributed by atoms with Gasteiger partial charge in [-0.1, -0.05) is 12.1 Å². The highest BCUT2D eigenvalue weighted by Crippen LogP contribution is 2.23. The Hall–Kier alpha value is -2.22. The van der Waals surface area contributed by atoms with Gasteiger partial charge < -0.3 is 5.11 Å². The number of aryl methyl sites for hydroxylation is 1. The van der Waals surface area contributed by atoms with Crippen molar-refractivity contribution in [3.8, 4) is 6.07 Å². The number of hydrogen-bond donors (Lipinski definition) is 1. The summed E-state index contributed by atoms with van der Waals surface area (Å²) in [5.74, 6) is -1.11. The molecule has 1 rings (SSSR count). The minimum atomic E-state index is -2.58. The molecule has 0 bridgehead atoms. The maximum atomic E-state index is 12.5. The number of alkyl halides is 2. The number of nitriles is 1. The van der Waals surface area contributed by atoms with Crippen LogP contribution in [0, 0.1) is 11.3 Å². The second kappa shape index (κ2) is 6.50. The number of nitrogens with zero attached hydrogens (tertiary/aromatic N) is 1. The van der Waals surface area contributed by atoms with E-state index in [2.05, 4.69) is 0 Å². The van der Waals surface area contributed by atoms with E-state index in [1.165, 1.54) is 24.3 Å². The van der Waals surface area contributed by atoms with Crippen LogP contribution in [0.5, 0.6) is 0 Å². The summed E-state index contributed by atoms with van der Waals surface area (Å²) >= 11 is 0. The summed E-state index contributed by atoms with van der Waals surface area (Å²) in [5.41, 5.74) is 0.958. The van der Waals surface area contributed by atoms with Crippen molar-refractivity contribution in [1.82, 2.24) is 0 Å². The Bertz CT molecular complexity index is 504. The van der Waals surface area contributed by atoms with Gasteiger partial charge in [-0.05, 0) is 29.7 Å². The molecule has 1 aromatic carbocycles. The van der Waals surface area contributed by atoms with E-state index in [1.54, 1.807) is 0 Å². The zero-order chi connectivity index (χ0) is 13.5. The van der Waals surface area contributed by atoms with Gasteiger partial charge in [0, 0.05) is 18.1 Å². The van der Waals surface area contributed by atoms with E-state index in [4.69, 9.17) is 10.4 Å². The molecule has 0 aliphatic carbocycles. The molecule has 0 atom stereocenters. The van der Waals surface area contributed by atoms with Crippen molar-refractivity contribution in [3.05, 3.63) is 41.0 Å². The van der Waals surface area contributed by atoms with Crippen LogP contribution in [0.15, 0.2) is 24.3 Å². The Morgan fingerprint density at radius 1 is 1.50 bits per heavy atom. The van der Waals surface area contributed by atoms with E-state index < -0.39 is 12.4 Å². The van der Waals surface area contributed by atoms with E-state index in [-0.39, 0.29) is 12.0 Å². The number of carbonyl (C=O) groups is 1. The lowest BCUT2D eigenvalue weighted by Crippen LogP contribution is -1.94. The van der Waals surface area contributed by atoms with Crippen molar-refractivity contribution >= 4 is 12.0 Å². The molecule has 0 amide bonds. The quantitative estimate of drug-likeness (QED) is 0.817. The highest BCUT2D eigenvalue weighted by molar-refractivity contribution is 5.85. The lowest BCUT2D eigenvalue weighted by Gasteiger charge is -2.07. The van der Waals surface area contributed by atoms with Gasteiger partial charge in [-0.2, -0.15) is 5.26 Å². The first-order valence-electron chi connectivity index (χ1n) is 5.23. The molecule has 5 heteroatoms. The maximum Gasteiger partial charge on any atom is 0.328 e. The van der Waals surface area contributed by atoms with Gasteiger partial charge in [-0.25, -0.2) is 13.6 Å². The van der Waals surface area contributed by atoms with Gasteiger partial charge in [-0.3, -0.25) is 0 Å². The minimum Gasteiger partial charge on any atom is -0.478 e. The zero-order valence-corrected chi connectivity index (χ0v) is 9.44. The van der Waals surface area contributed by atoms with Crippen molar-refractivity contribution in [2.75, 3.05) is 0 Å². The summed E-state index contributed by atoms with van der Waals surface area (Å²) in [6.07, 6.45) is 0.206. The number of carboxylic acid groups (broad SMARTS) is 1. The lowest BCUT2D eigenvalue weighted by molar-refractivity contribution is -0.131. The van der Waals surface area contributed by atoms with Crippen molar-refractivity contribution in [2.45, 2.75) is 19.3 Å². The van der Waals surface area contributed by atoms with Crippen LogP contribution >= 0.6 is 0 Å². The number of carboxylic acids is 1. The van der Waals surface area contributed by atoms with Crippen LogP contribution in [0.4, 0.5) is 8.78 Å². The smallest absolute Gasteiger partial charge is 0.328 e. The number of hydrogen-bond acceptors (Lipinski definition) is 2. The van der Waals surface area contributed by atoms with Crippen LogP contribution in [0.1, 0.15) is 29.5 Å². The second-order valence-corrected chi connectivity index (χ2v) is 3.59. The number of benzene rings is 1. The molecular weight excluding hydrogens is 240 g/mol. The molecule has 0 saturated heterocycles. The first-order valence-corrected chi connectivity index (χ1v) is 5.23. The van der Waals surface area contributed by atoms with Crippen LogP contribution in [-0.2, 0) is 11.2 Å². The highest BCUT2D eigenvalue weighted by atomic mass is 19.3. The van der Waals surface area contributed by atoms with E-state index in [9.17, 15) is 13.6 Å². The summed E-state index contributed by atoms with van der Waals surface area (Å²) in [6, 6.07) is 5.93. The van der Waals surface area contributed by atoms with Crippen molar-refractivity contribution < 1.29 is 18.7 Å². The van der Waals surface area contributed by atoms with Gasteiger partial charge in [-0.15, -0.1) is 0 Å². The molecule has 0 saturated carbocycles. The molecule has 0 aliphatic heterocycles. The van der Waals surface area contributed by atoms with Gasteiger partial charge >= 0.3 is 5.97 Å². The monoisotopic (exact) mass is 251 g/mol. The molecule has 0 spiro atoms. The highest BCUT2D eigenvalue weighted by Gasteiger charge is 2.09. The number of halogens is 2. The molecule has 94 valence electrons. The topological polar surface area (TPSA) is 61.1 Å². The SMILES string of the molecule is N#CCCc1cc(C(F)F)ccc1/C=C/C(=O)O. The standard InChI is InChI=1S/C13H11F2NO2/c14-13(15)11-4-3-9(5-6-12(17)18)10(8-11)2-1-7-16/h3-6,8,13H,1-2H2,(H,17,18)/b6-5+. The molecule has 0 fully saturated rings. The Balaban J connectivity index is 3.08. The summed E-state index contributed by atoms with van der Waals surface area (Å²) in [7, 11) is 0. The average Bonchev–Trinajstić information content (AvgIpc) is 2.33. The Labute approximate surface area is 103 Å². The van der Waals surface area contributed by atoms with E-state index >= 15 is 0 Å². The van der Waals surface area contributed by atoms with Crippen LogP contribution in [-0.4, -0.2) is 11.1 Å². The number of aliphatic carboxylic acids is 1. The lowest BCUT2D eigenvalue weighted by atomic mass is 10.00. The van der Waals surface area contributed by atoms with E-state index in [1.807, 2.05) is 6.07 Å². The second-order valence-electron chi connectivity index (χ2n) is 3.59. The molecule has 1 N–H and O–H groups in total. The molecule has 0 unspecified atom stereocenters. The molecular formula is C13H11F2NO2. The normalized spacial score (nSPS) is 10.8. The van der Waals surface area contributed by atoms with Crippen LogP contribution in [0.2, 0.25) is 0 Å². The summed E-state index contributed by atoms with van der Waals surface area (Å²) in [4.78, 5) is 10.4. The summed E-state index contributed by atoms with van der Waals surface area (Å²) in [6.45, 7) is 0. The van der Waals surface area contributed by atoms with Gasteiger partial charge in [0.25, 0.3) is 6.43 Å². The average molecular weight is 251 g/mol. The number of rotatable bonds is 5. The third-order valence-corrected chi connectivity index (χ3v) is 2.33. The Kier molecular flexibility index (Phi) is 5.00. The first-order chi connectivity index (χ1) is 8.54. The fraction of sp³-hybridized carbons (Fsp3) is 0.231. The fourth-order valence-corrected chi connectivity index (χ4v) is 1.49. The summed E-state index contributed by atoms with van der Waals surface area (Å²) in [5, 5.41) is 17.0. The zero-order valence-electron chi connectivity index (χ0n) is 9.44. The predicted molar refractivity (Wildman–Crippen MR) is 62.0 cm³/mol. The largest absolute Gasteiger partial charge is 0.478 e. The van der Waals surface area contributed by atoms with Gasteiger partial charge in [0.15, 0.2) is 0 Å². The van der Waals surface area contributed by atoms with Crippen LogP contribution in [0.25, 0.3) is 6.08 Å². The maximum absolute atomic E-state index is 12.5. The Morgan fingerprint density at radius 2 is 2.22 bits per heavy atom. The summed E-state index contributed by atoms with van der Waals surface area (Å²) < 4.78 is 25.1. The molecule has 0 radical (unpaired) electrons. The van der Waals surface area contributed by atoms with Crippen molar-refractivity contribution in [3.63, 3.8) is 0 Å². The fourth-order valence-electron chi connectivity index (χ4n) is 1.49. The molecule has 0 aromatic heterocycles.